The van der Waals surface area contributed by atoms with Gasteiger partial charge < -0.3 is 20.1 Å². The Labute approximate surface area is 191 Å². The Balaban J connectivity index is 1.46. The summed E-state index contributed by atoms with van der Waals surface area (Å²) in [4.78, 5) is 27.4. The van der Waals surface area contributed by atoms with E-state index in [-0.39, 0.29) is 6.61 Å². The smallest absolute Gasteiger partial charge is 0.250 e. The quantitative estimate of drug-likeness (QED) is 0.490. The maximum absolute atomic E-state index is 11.7. The molecule has 0 atom stereocenters. The predicted octanol–water partition coefficient (Wildman–Crippen LogP) is 3.21. The van der Waals surface area contributed by atoms with Crippen LogP contribution in [-0.4, -0.2) is 47.2 Å². The maximum Gasteiger partial charge on any atom is 0.250 e. The first-order valence-electron chi connectivity index (χ1n) is 10.7. The number of morpholine rings is 1. The number of anilines is 1. The van der Waals surface area contributed by atoms with Crippen molar-refractivity contribution in [3.8, 4) is 16.9 Å². The van der Waals surface area contributed by atoms with Gasteiger partial charge in [0, 0.05) is 42.6 Å². The van der Waals surface area contributed by atoms with Crippen LogP contribution in [0.25, 0.3) is 22.0 Å². The van der Waals surface area contributed by atoms with Crippen molar-refractivity contribution in [1.82, 2.24) is 15.0 Å². The van der Waals surface area contributed by atoms with Crippen LogP contribution >= 0.6 is 0 Å². The van der Waals surface area contributed by atoms with Crippen molar-refractivity contribution in [2.45, 2.75) is 6.61 Å². The second-order valence-corrected chi connectivity index (χ2v) is 7.70. The number of ether oxygens (including phenoxy) is 2. The van der Waals surface area contributed by atoms with Gasteiger partial charge in [0.05, 0.1) is 30.0 Å². The third-order valence-corrected chi connectivity index (χ3v) is 5.62. The summed E-state index contributed by atoms with van der Waals surface area (Å²) in [7, 11) is 0. The molecular weight excluding hydrogens is 418 g/mol. The number of hydrogen-bond acceptors (Lipinski definition) is 7. The van der Waals surface area contributed by atoms with Crippen molar-refractivity contribution in [2.24, 2.45) is 5.73 Å². The third-order valence-electron chi connectivity index (χ3n) is 5.62. The van der Waals surface area contributed by atoms with Gasteiger partial charge in [-0.25, -0.2) is 4.98 Å². The number of benzene rings is 1. The fourth-order valence-corrected chi connectivity index (χ4v) is 3.89. The second-order valence-electron chi connectivity index (χ2n) is 7.70. The molecule has 8 nitrogen and oxygen atoms in total. The minimum absolute atomic E-state index is 0.112. The molecular formula is C25H23N5O3. The molecule has 4 aromatic rings. The summed E-state index contributed by atoms with van der Waals surface area (Å²) in [5, 5.41) is 0.871. The molecule has 0 saturated carbocycles. The highest BCUT2D eigenvalue weighted by molar-refractivity contribution is 5.94. The molecule has 3 aromatic heterocycles. The van der Waals surface area contributed by atoms with Gasteiger partial charge in [0.25, 0.3) is 5.91 Å². The maximum atomic E-state index is 11.7. The summed E-state index contributed by atoms with van der Waals surface area (Å²) >= 11 is 0. The van der Waals surface area contributed by atoms with E-state index < -0.39 is 5.91 Å². The number of carbonyl (C=O) groups excluding carboxylic acids is 1. The first kappa shape index (κ1) is 20.8. The van der Waals surface area contributed by atoms with Crippen molar-refractivity contribution in [3.63, 3.8) is 0 Å². The Morgan fingerprint density at radius 3 is 2.61 bits per heavy atom. The van der Waals surface area contributed by atoms with Crippen LogP contribution in [0.15, 0.2) is 67.1 Å². The van der Waals surface area contributed by atoms with Gasteiger partial charge >= 0.3 is 0 Å². The molecule has 2 N–H and O–H groups in total. The Morgan fingerprint density at radius 1 is 1.00 bits per heavy atom. The first-order chi connectivity index (χ1) is 16.2. The number of aromatic nitrogens is 3. The van der Waals surface area contributed by atoms with Crippen molar-refractivity contribution >= 4 is 22.6 Å². The summed E-state index contributed by atoms with van der Waals surface area (Å²) in [6.07, 6.45) is 5.23. The van der Waals surface area contributed by atoms with E-state index in [1.807, 2.05) is 36.5 Å². The van der Waals surface area contributed by atoms with E-state index in [9.17, 15) is 4.79 Å². The summed E-state index contributed by atoms with van der Waals surface area (Å²) in [6.45, 7) is 3.22. The van der Waals surface area contributed by atoms with Crippen LogP contribution in [0.5, 0.6) is 5.75 Å². The highest BCUT2D eigenvalue weighted by Gasteiger charge is 2.14. The van der Waals surface area contributed by atoms with Gasteiger partial charge in [-0.2, -0.15) is 0 Å². The van der Waals surface area contributed by atoms with E-state index in [0.717, 1.165) is 40.9 Å². The van der Waals surface area contributed by atoms with Crippen LogP contribution in [-0.2, 0) is 11.3 Å². The monoisotopic (exact) mass is 441 g/mol. The Morgan fingerprint density at radius 2 is 1.82 bits per heavy atom. The van der Waals surface area contributed by atoms with Gasteiger partial charge in [-0.15, -0.1) is 0 Å². The van der Waals surface area contributed by atoms with E-state index >= 15 is 0 Å². The zero-order valence-corrected chi connectivity index (χ0v) is 18.0. The summed E-state index contributed by atoms with van der Waals surface area (Å²) in [5.41, 5.74) is 9.02. The van der Waals surface area contributed by atoms with Crippen molar-refractivity contribution in [2.75, 3.05) is 31.2 Å². The summed E-state index contributed by atoms with van der Waals surface area (Å²) < 4.78 is 11.5. The molecule has 166 valence electrons. The molecule has 0 radical (unpaired) electrons. The Kier molecular flexibility index (Phi) is 5.82. The fourth-order valence-electron chi connectivity index (χ4n) is 3.89. The molecule has 1 aliphatic heterocycles. The fraction of sp³-hybridized carbons (Fsp3) is 0.200. The molecule has 0 spiro atoms. The number of fused-ring (bicyclic) bond motifs is 1. The van der Waals surface area contributed by atoms with E-state index in [2.05, 4.69) is 25.9 Å². The molecule has 1 aromatic carbocycles. The highest BCUT2D eigenvalue weighted by atomic mass is 16.5. The lowest BCUT2D eigenvalue weighted by molar-refractivity contribution is 0.0997. The van der Waals surface area contributed by atoms with E-state index in [4.69, 9.17) is 15.2 Å². The van der Waals surface area contributed by atoms with Crippen molar-refractivity contribution < 1.29 is 14.3 Å². The average molecular weight is 441 g/mol. The molecule has 0 bridgehead atoms. The lowest BCUT2D eigenvalue weighted by Crippen LogP contribution is -2.36. The minimum atomic E-state index is -0.534. The molecule has 1 saturated heterocycles. The molecule has 0 aliphatic carbocycles. The molecule has 0 unspecified atom stereocenters. The van der Waals surface area contributed by atoms with Gasteiger partial charge in [-0.3, -0.25) is 14.8 Å². The first-order valence-corrected chi connectivity index (χ1v) is 10.7. The topological polar surface area (TPSA) is 103 Å². The van der Waals surface area contributed by atoms with Crippen LogP contribution in [0.3, 0.4) is 0 Å². The zero-order chi connectivity index (χ0) is 22.6. The standard InChI is InChI=1S/C25H23N5O3/c26-25(31)20-4-2-8-28-22(20)16-33-23-14-18(13-21-19(23)3-1-7-27-21)17-5-6-24(29-15-17)30-9-11-32-12-10-30/h1-8,13-15H,9-12,16H2,(H2,26,31). The number of amides is 1. The number of rotatable bonds is 6. The normalized spacial score (nSPS) is 13.8. The average Bonchev–Trinajstić information content (AvgIpc) is 2.88. The number of hydrogen-bond donors (Lipinski definition) is 1. The lowest BCUT2D eigenvalue weighted by atomic mass is 10.0. The lowest BCUT2D eigenvalue weighted by Gasteiger charge is -2.27. The van der Waals surface area contributed by atoms with Gasteiger partial charge in [0.2, 0.25) is 0 Å². The van der Waals surface area contributed by atoms with Crippen LogP contribution in [0.2, 0.25) is 0 Å². The number of pyridine rings is 3. The third kappa shape index (κ3) is 4.47. The molecule has 8 heteroatoms. The van der Waals surface area contributed by atoms with Crippen LogP contribution in [0, 0.1) is 0 Å². The molecule has 1 aliphatic rings. The van der Waals surface area contributed by atoms with Gasteiger partial charge in [0.1, 0.15) is 18.2 Å². The Bertz CT molecular complexity index is 1290. The van der Waals surface area contributed by atoms with Gasteiger partial charge in [0.15, 0.2) is 0 Å². The van der Waals surface area contributed by atoms with Gasteiger partial charge in [-0.1, -0.05) is 0 Å². The molecule has 1 amide bonds. The molecule has 5 rings (SSSR count). The van der Waals surface area contributed by atoms with Crippen molar-refractivity contribution in [3.05, 3.63) is 78.4 Å². The predicted molar refractivity (Wildman–Crippen MR) is 125 cm³/mol. The molecule has 1 fully saturated rings. The second kappa shape index (κ2) is 9.22. The van der Waals surface area contributed by atoms with Crippen molar-refractivity contribution in [1.29, 1.82) is 0 Å². The zero-order valence-electron chi connectivity index (χ0n) is 18.0. The molecule has 4 heterocycles. The van der Waals surface area contributed by atoms with Gasteiger partial charge in [-0.05, 0) is 54.1 Å². The molecule has 33 heavy (non-hydrogen) atoms. The highest BCUT2D eigenvalue weighted by Crippen LogP contribution is 2.32. The van der Waals surface area contributed by atoms with Crippen LogP contribution in [0.4, 0.5) is 5.82 Å². The number of nitrogens with two attached hydrogens (primary N) is 1. The summed E-state index contributed by atoms with van der Waals surface area (Å²) in [6, 6.07) is 15.2. The van der Waals surface area contributed by atoms with E-state index in [1.165, 1.54) is 0 Å². The minimum Gasteiger partial charge on any atom is -0.487 e. The number of primary amides is 1. The largest absolute Gasteiger partial charge is 0.487 e. The van der Waals surface area contributed by atoms with Crippen LogP contribution in [0.1, 0.15) is 16.1 Å². The van der Waals surface area contributed by atoms with Crippen LogP contribution < -0.4 is 15.4 Å². The SMILES string of the molecule is NC(=O)c1cccnc1COc1cc(-c2ccc(N3CCOCC3)nc2)cc2ncccc12. The number of carbonyl (C=O) groups is 1. The van der Waals surface area contributed by atoms with E-state index in [1.54, 1.807) is 24.5 Å². The number of nitrogens with zero attached hydrogens (tertiary/aromatic N) is 4. The Hall–Kier alpha value is -4.04. The van der Waals surface area contributed by atoms with E-state index in [0.29, 0.717) is 30.2 Å². The summed E-state index contributed by atoms with van der Waals surface area (Å²) in [5.74, 6) is 1.05.